The lowest BCUT2D eigenvalue weighted by Crippen LogP contribution is -2.47. The van der Waals surface area contributed by atoms with E-state index in [2.05, 4.69) is 4.99 Å². The van der Waals surface area contributed by atoms with Crippen molar-refractivity contribution >= 4 is 28.3 Å². The summed E-state index contributed by atoms with van der Waals surface area (Å²) in [6.07, 6.45) is 0. The number of allylic oxidation sites excluding steroid dienone is 1. The number of ether oxygens (including phenoxy) is 1. The zero-order valence-electron chi connectivity index (χ0n) is 14.6. The SMILES string of the molecule is COc1ccc([N+]2(c3c(F)cccc3F)C(Cl)=NC(C)=C2CO)c(C)c1. The third-order valence-corrected chi connectivity index (χ3v) is 4.89. The van der Waals surface area contributed by atoms with E-state index in [0.29, 0.717) is 22.7 Å². The second-order valence-corrected chi connectivity index (χ2v) is 6.30. The molecule has 1 heterocycles. The molecular formula is C19H18ClF2N2O2+. The molecule has 4 nitrogen and oxygen atoms in total. The molecule has 2 aromatic carbocycles. The topological polar surface area (TPSA) is 41.8 Å². The van der Waals surface area contributed by atoms with Gasteiger partial charge in [0.1, 0.15) is 18.1 Å². The van der Waals surface area contributed by atoms with Gasteiger partial charge in [-0.25, -0.2) is 8.78 Å². The molecule has 3 rings (SSSR count). The van der Waals surface area contributed by atoms with Crippen molar-refractivity contribution < 1.29 is 18.6 Å². The highest BCUT2D eigenvalue weighted by Crippen LogP contribution is 2.49. The number of methoxy groups -OCH3 is 1. The quantitative estimate of drug-likeness (QED) is 0.615. The van der Waals surface area contributed by atoms with Crippen molar-refractivity contribution in [2.75, 3.05) is 13.7 Å². The Morgan fingerprint density at radius 1 is 1.15 bits per heavy atom. The molecule has 0 saturated carbocycles. The van der Waals surface area contributed by atoms with Crippen LogP contribution in [0.2, 0.25) is 0 Å². The Balaban J connectivity index is 2.45. The number of benzene rings is 2. The number of aliphatic hydroxyl groups excluding tert-OH is 1. The van der Waals surface area contributed by atoms with Gasteiger partial charge < -0.3 is 9.84 Å². The van der Waals surface area contributed by atoms with Gasteiger partial charge in [0.25, 0.3) is 0 Å². The summed E-state index contributed by atoms with van der Waals surface area (Å²) in [7, 11) is 1.53. The van der Waals surface area contributed by atoms with E-state index in [-0.39, 0.29) is 16.7 Å². The first-order valence-corrected chi connectivity index (χ1v) is 8.30. The summed E-state index contributed by atoms with van der Waals surface area (Å²) in [5.74, 6) is -0.972. The summed E-state index contributed by atoms with van der Waals surface area (Å²) in [5.41, 5.74) is 1.54. The van der Waals surface area contributed by atoms with Crippen molar-refractivity contribution in [1.82, 2.24) is 4.48 Å². The summed E-state index contributed by atoms with van der Waals surface area (Å²) in [6.45, 7) is 2.96. The first kappa shape index (κ1) is 18.5. The molecule has 0 saturated heterocycles. The molecule has 0 spiro atoms. The van der Waals surface area contributed by atoms with Gasteiger partial charge >= 0.3 is 5.29 Å². The second-order valence-electron chi connectivity index (χ2n) is 5.96. The van der Waals surface area contributed by atoms with Gasteiger partial charge in [-0.05, 0) is 38.1 Å². The first-order valence-electron chi connectivity index (χ1n) is 7.92. The minimum Gasteiger partial charge on any atom is -0.497 e. The first-order chi connectivity index (χ1) is 12.4. The number of aliphatic imine (C=N–C) groups is 1. The number of para-hydroxylation sites is 1. The molecule has 1 unspecified atom stereocenters. The van der Waals surface area contributed by atoms with Crippen LogP contribution in [0.25, 0.3) is 0 Å². The molecule has 0 aromatic heterocycles. The normalized spacial score (nSPS) is 19.7. The van der Waals surface area contributed by atoms with Crippen molar-refractivity contribution in [2.45, 2.75) is 13.8 Å². The molecule has 0 radical (unpaired) electrons. The Hall–Kier alpha value is -2.28. The Kier molecular flexibility index (Phi) is 4.84. The summed E-state index contributed by atoms with van der Waals surface area (Å²) in [6, 6.07) is 8.68. The number of halogens is 3. The minimum atomic E-state index is -0.783. The van der Waals surface area contributed by atoms with Crippen molar-refractivity contribution in [3.63, 3.8) is 0 Å². The molecular weight excluding hydrogens is 362 g/mol. The highest BCUT2D eigenvalue weighted by atomic mass is 35.5. The average Bonchev–Trinajstić information content (AvgIpc) is 2.84. The van der Waals surface area contributed by atoms with Gasteiger partial charge in [-0.1, -0.05) is 6.07 Å². The van der Waals surface area contributed by atoms with Crippen LogP contribution in [0.1, 0.15) is 12.5 Å². The van der Waals surface area contributed by atoms with E-state index in [1.165, 1.54) is 13.2 Å². The maximum atomic E-state index is 14.8. The van der Waals surface area contributed by atoms with Crippen LogP contribution < -0.4 is 9.22 Å². The number of aryl methyl sites for hydroxylation is 1. The molecule has 0 fully saturated rings. The van der Waals surface area contributed by atoms with E-state index >= 15 is 0 Å². The van der Waals surface area contributed by atoms with Crippen LogP contribution in [0.15, 0.2) is 52.8 Å². The zero-order valence-corrected chi connectivity index (χ0v) is 15.3. The third-order valence-electron chi connectivity index (χ3n) is 4.55. The van der Waals surface area contributed by atoms with Crippen LogP contribution in [0.5, 0.6) is 5.75 Å². The van der Waals surface area contributed by atoms with Crippen molar-refractivity contribution in [3.8, 4) is 5.75 Å². The van der Waals surface area contributed by atoms with Crippen LogP contribution in [0.3, 0.4) is 0 Å². The Morgan fingerprint density at radius 2 is 1.81 bits per heavy atom. The highest BCUT2D eigenvalue weighted by Gasteiger charge is 2.52. The average molecular weight is 380 g/mol. The van der Waals surface area contributed by atoms with E-state index in [1.54, 1.807) is 32.0 Å². The molecule has 26 heavy (non-hydrogen) atoms. The number of amidine groups is 1. The van der Waals surface area contributed by atoms with E-state index < -0.39 is 22.7 Å². The smallest absolute Gasteiger partial charge is 0.315 e. The van der Waals surface area contributed by atoms with Gasteiger partial charge in [-0.3, -0.25) is 0 Å². The summed E-state index contributed by atoms with van der Waals surface area (Å²) in [5, 5.41) is 9.94. The molecule has 0 amide bonds. The molecule has 7 heteroatoms. The van der Waals surface area contributed by atoms with Crippen molar-refractivity contribution in [1.29, 1.82) is 0 Å². The van der Waals surface area contributed by atoms with Crippen LogP contribution in [0.4, 0.5) is 20.2 Å². The van der Waals surface area contributed by atoms with Gasteiger partial charge in [0.2, 0.25) is 5.69 Å². The Bertz CT molecular complexity index is 923. The van der Waals surface area contributed by atoms with Crippen LogP contribution in [-0.2, 0) is 0 Å². The summed E-state index contributed by atoms with van der Waals surface area (Å²) >= 11 is 6.47. The predicted molar refractivity (Wildman–Crippen MR) is 98.6 cm³/mol. The minimum absolute atomic E-state index is 0.0659. The summed E-state index contributed by atoms with van der Waals surface area (Å²) in [4.78, 5) is 4.22. The molecule has 1 aliphatic rings. The summed E-state index contributed by atoms with van der Waals surface area (Å²) < 4.78 is 34.2. The van der Waals surface area contributed by atoms with Crippen molar-refractivity contribution in [3.05, 3.63) is 65.0 Å². The number of rotatable bonds is 4. The lowest BCUT2D eigenvalue weighted by molar-refractivity contribution is 0.308. The van der Waals surface area contributed by atoms with E-state index in [4.69, 9.17) is 16.3 Å². The van der Waals surface area contributed by atoms with Crippen LogP contribution >= 0.6 is 11.6 Å². The van der Waals surface area contributed by atoms with Gasteiger partial charge in [-0.2, -0.15) is 9.48 Å². The fraction of sp³-hybridized carbons (Fsp3) is 0.211. The number of hydrogen-bond acceptors (Lipinski definition) is 3. The number of hydrogen-bond donors (Lipinski definition) is 1. The Morgan fingerprint density at radius 3 is 2.35 bits per heavy atom. The number of quaternary nitrogens is 1. The number of aliphatic hydroxyl groups is 1. The molecule has 1 aliphatic heterocycles. The highest BCUT2D eigenvalue weighted by molar-refractivity contribution is 6.68. The maximum absolute atomic E-state index is 14.8. The molecule has 0 aliphatic carbocycles. The third kappa shape index (κ3) is 2.53. The Labute approximate surface area is 155 Å². The lowest BCUT2D eigenvalue weighted by Gasteiger charge is -2.34. The van der Waals surface area contributed by atoms with Crippen LogP contribution in [-0.4, -0.2) is 24.1 Å². The fourth-order valence-corrected chi connectivity index (χ4v) is 3.79. The maximum Gasteiger partial charge on any atom is 0.315 e. The van der Waals surface area contributed by atoms with Gasteiger partial charge in [0.15, 0.2) is 23.0 Å². The fourth-order valence-electron chi connectivity index (χ4n) is 3.39. The van der Waals surface area contributed by atoms with Crippen LogP contribution in [0, 0.1) is 18.6 Å². The molecule has 0 bridgehead atoms. The molecule has 2 aromatic rings. The monoisotopic (exact) mass is 379 g/mol. The molecule has 1 N–H and O–H groups in total. The second kappa shape index (κ2) is 6.79. The van der Waals surface area contributed by atoms with E-state index in [1.807, 2.05) is 0 Å². The zero-order chi connectivity index (χ0) is 19.1. The van der Waals surface area contributed by atoms with Gasteiger partial charge in [0, 0.05) is 23.2 Å². The predicted octanol–water partition coefficient (Wildman–Crippen LogP) is 4.75. The van der Waals surface area contributed by atoms with Gasteiger partial charge in [-0.15, -0.1) is 0 Å². The van der Waals surface area contributed by atoms with E-state index in [9.17, 15) is 13.9 Å². The van der Waals surface area contributed by atoms with Gasteiger partial charge in [0.05, 0.1) is 7.11 Å². The van der Waals surface area contributed by atoms with E-state index in [0.717, 1.165) is 12.1 Å². The molecule has 136 valence electrons. The largest absolute Gasteiger partial charge is 0.497 e. The number of nitrogens with zero attached hydrogens (tertiary/aromatic N) is 2. The standard InChI is InChI=1S/C19H18ClF2N2O2/c1-11-9-13(26-3)7-8-16(11)24(17(10-25)12(2)23-19(24)20)18-14(21)5-4-6-15(18)22/h4-9,25H,10H2,1-3H3/q+1. The molecule has 1 atom stereocenters. The lowest BCUT2D eigenvalue weighted by atomic mass is 10.1. The van der Waals surface area contributed by atoms with Crippen molar-refractivity contribution in [2.24, 2.45) is 4.99 Å².